The molecule has 1 aromatic carbocycles. The number of quaternary nitrogens is 1. The van der Waals surface area contributed by atoms with E-state index in [0.717, 1.165) is 30.2 Å². The van der Waals surface area contributed by atoms with Gasteiger partial charge in [0, 0.05) is 0 Å². The van der Waals surface area contributed by atoms with Crippen molar-refractivity contribution in [2.45, 2.75) is 6.92 Å². The number of nitrogens with one attached hydrogen (secondary N) is 1. The Morgan fingerprint density at radius 1 is 1.10 bits per heavy atom. The molecule has 0 heterocycles. The lowest BCUT2D eigenvalue weighted by atomic mass is 10.2. The van der Waals surface area contributed by atoms with E-state index < -0.39 is 0 Å². The van der Waals surface area contributed by atoms with E-state index in [1.54, 1.807) is 7.11 Å². The highest BCUT2D eigenvalue weighted by Gasteiger charge is 2.04. The number of hydrogen-bond donors (Lipinski definition) is 1. The van der Waals surface area contributed by atoms with E-state index in [4.69, 9.17) is 14.2 Å². The summed E-state index contributed by atoms with van der Waals surface area (Å²) in [6, 6.07) is 5.90. The van der Waals surface area contributed by atoms with Crippen molar-refractivity contribution in [1.82, 2.24) is 0 Å². The van der Waals surface area contributed by atoms with Crippen molar-refractivity contribution in [2.75, 3.05) is 47.6 Å². The lowest BCUT2D eigenvalue weighted by Crippen LogP contribution is -3.06. The predicted octanol–water partition coefficient (Wildman–Crippen LogP) is 1.27. The molecule has 1 rings (SSSR count). The quantitative estimate of drug-likeness (QED) is 0.691. The molecule has 0 unspecified atom stereocenters. The molecular weight excluding hydrogens is 254 g/mol. The summed E-state index contributed by atoms with van der Waals surface area (Å²) in [7, 11) is 5.87. The van der Waals surface area contributed by atoms with Gasteiger partial charge in [0.05, 0.1) is 34.4 Å². The average Bonchev–Trinajstić information content (AvgIpc) is 2.43. The summed E-state index contributed by atoms with van der Waals surface area (Å²) < 4.78 is 16.5. The van der Waals surface area contributed by atoms with E-state index in [1.807, 2.05) is 37.3 Å². The topological polar surface area (TPSA) is 32.1 Å². The van der Waals surface area contributed by atoms with Gasteiger partial charge in [-0.25, -0.2) is 0 Å². The Morgan fingerprint density at radius 3 is 2.55 bits per heavy atom. The summed E-state index contributed by atoms with van der Waals surface area (Å²) in [6.07, 6.45) is 4.02. The molecule has 4 nitrogen and oxygen atoms in total. The van der Waals surface area contributed by atoms with Crippen molar-refractivity contribution < 1.29 is 19.1 Å². The van der Waals surface area contributed by atoms with Crippen LogP contribution in [0.1, 0.15) is 12.5 Å². The highest BCUT2D eigenvalue weighted by Crippen LogP contribution is 2.28. The van der Waals surface area contributed by atoms with Crippen LogP contribution in [0.3, 0.4) is 0 Å². The van der Waals surface area contributed by atoms with Crippen molar-refractivity contribution in [2.24, 2.45) is 0 Å². The number of benzene rings is 1. The van der Waals surface area contributed by atoms with Gasteiger partial charge >= 0.3 is 0 Å². The Hall–Kier alpha value is -1.52. The highest BCUT2D eigenvalue weighted by atomic mass is 16.5. The molecule has 0 bridgehead atoms. The fourth-order valence-electron chi connectivity index (χ4n) is 1.69. The standard InChI is InChI=1S/C16H25NO3/c1-5-6-14-7-8-15(16(13-14)18-4)20-12-11-19-10-9-17(2)3/h5-8,13H,9-12H2,1-4H3/p+1/b6-5+. The average molecular weight is 280 g/mol. The van der Waals surface area contributed by atoms with Gasteiger partial charge in [-0.1, -0.05) is 18.2 Å². The van der Waals surface area contributed by atoms with Gasteiger partial charge in [-0.3, -0.25) is 0 Å². The summed E-state index contributed by atoms with van der Waals surface area (Å²) in [6.45, 7) is 4.86. The molecule has 4 heteroatoms. The lowest BCUT2D eigenvalue weighted by molar-refractivity contribution is -0.858. The second-order valence-corrected chi connectivity index (χ2v) is 4.83. The molecule has 0 aliphatic heterocycles. The SMILES string of the molecule is C/C=C/c1ccc(OCCOCC[NH+](C)C)c(OC)c1. The van der Waals surface area contributed by atoms with Crippen LogP contribution in [0.15, 0.2) is 24.3 Å². The predicted molar refractivity (Wildman–Crippen MR) is 81.7 cm³/mol. The molecule has 0 aromatic heterocycles. The third kappa shape index (κ3) is 6.08. The van der Waals surface area contributed by atoms with Crippen molar-refractivity contribution in [3.05, 3.63) is 29.8 Å². The van der Waals surface area contributed by atoms with E-state index in [1.165, 1.54) is 4.90 Å². The molecule has 0 amide bonds. The van der Waals surface area contributed by atoms with E-state index >= 15 is 0 Å². The Labute approximate surface area is 121 Å². The van der Waals surface area contributed by atoms with Crippen molar-refractivity contribution in [3.8, 4) is 11.5 Å². The van der Waals surface area contributed by atoms with Gasteiger partial charge in [-0.15, -0.1) is 0 Å². The Bertz CT molecular complexity index is 416. The second-order valence-electron chi connectivity index (χ2n) is 4.83. The Kier molecular flexibility index (Phi) is 7.77. The molecule has 1 N–H and O–H groups in total. The maximum absolute atomic E-state index is 5.69. The zero-order valence-electron chi connectivity index (χ0n) is 12.9. The summed E-state index contributed by atoms with van der Waals surface area (Å²) >= 11 is 0. The van der Waals surface area contributed by atoms with Gasteiger partial charge in [0.1, 0.15) is 13.2 Å². The number of allylic oxidation sites excluding steroid dienone is 1. The van der Waals surface area contributed by atoms with Gasteiger partial charge in [0.25, 0.3) is 0 Å². The number of hydrogen-bond acceptors (Lipinski definition) is 3. The van der Waals surface area contributed by atoms with Crippen molar-refractivity contribution in [3.63, 3.8) is 0 Å². The number of ether oxygens (including phenoxy) is 3. The normalized spacial score (nSPS) is 11.2. The third-order valence-corrected chi connectivity index (χ3v) is 2.78. The molecule has 0 atom stereocenters. The molecule has 1 aromatic rings. The molecule has 112 valence electrons. The van der Waals surface area contributed by atoms with Crippen LogP contribution in [0, 0.1) is 0 Å². The minimum atomic E-state index is 0.530. The maximum atomic E-state index is 5.69. The van der Waals surface area contributed by atoms with E-state index in [9.17, 15) is 0 Å². The summed E-state index contributed by atoms with van der Waals surface area (Å²) in [5.74, 6) is 1.50. The minimum Gasteiger partial charge on any atom is -0.493 e. The summed E-state index contributed by atoms with van der Waals surface area (Å²) in [5, 5.41) is 0. The zero-order chi connectivity index (χ0) is 14.8. The largest absolute Gasteiger partial charge is 0.493 e. The first kappa shape index (κ1) is 16.5. The van der Waals surface area contributed by atoms with E-state index in [-0.39, 0.29) is 0 Å². The van der Waals surface area contributed by atoms with Crippen LogP contribution in [0.2, 0.25) is 0 Å². The molecular formula is C16H26NO3+. The van der Waals surface area contributed by atoms with E-state index in [0.29, 0.717) is 13.2 Å². The monoisotopic (exact) mass is 280 g/mol. The molecule has 0 aliphatic rings. The molecule has 0 saturated heterocycles. The van der Waals surface area contributed by atoms with Gasteiger partial charge in [0.2, 0.25) is 0 Å². The lowest BCUT2D eigenvalue weighted by Gasteiger charge is -2.12. The van der Waals surface area contributed by atoms with Crippen LogP contribution in [0.4, 0.5) is 0 Å². The Morgan fingerprint density at radius 2 is 1.90 bits per heavy atom. The van der Waals surface area contributed by atoms with Crippen LogP contribution in [-0.2, 0) is 4.74 Å². The van der Waals surface area contributed by atoms with Crippen molar-refractivity contribution in [1.29, 1.82) is 0 Å². The van der Waals surface area contributed by atoms with Crippen molar-refractivity contribution >= 4 is 6.08 Å². The first-order valence-corrected chi connectivity index (χ1v) is 6.97. The van der Waals surface area contributed by atoms with Crippen LogP contribution >= 0.6 is 0 Å². The summed E-state index contributed by atoms with van der Waals surface area (Å²) in [5.41, 5.74) is 1.10. The highest BCUT2D eigenvalue weighted by molar-refractivity contribution is 5.55. The smallest absolute Gasteiger partial charge is 0.161 e. The first-order chi connectivity index (χ1) is 9.67. The zero-order valence-corrected chi connectivity index (χ0v) is 12.9. The molecule has 0 fully saturated rings. The first-order valence-electron chi connectivity index (χ1n) is 6.97. The second kappa shape index (κ2) is 9.39. The molecule has 0 radical (unpaired) electrons. The van der Waals surface area contributed by atoms with E-state index in [2.05, 4.69) is 14.1 Å². The Balaban J connectivity index is 2.39. The van der Waals surface area contributed by atoms with Gasteiger partial charge in [-0.05, 0) is 24.6 Å². The number of methoxy groups -OCH3 is 1. The fraction of sp³-hybridized carbons (Fsp3) is 0.500. The van der Waals surface area contributed by atoms with Gasteiger partial charge < -0.3 is 19.1 Å². The molecule has 0 aliphatic carbocycles. The molecule has 0 spiro atoms. The third-order valence-electron chi connectivity index (χ3n) is 2.78. The summed E-state index contributed by atoms with van der Waals surface area (Å²) in [4.78, 5) is 1.38. The van der Waals surface area contributed by atoms with Crippen LogP contribution in [-0.4, -0.2) is 47.6 Å². The minimum absolute atomic E-state index is 0.530. The maximum Gasteiger partial charge on any atom is 0.161 e. The van der Waals surface area contributed by atoms with Crippen LogP contribution < -0.4 is 14.4 Å². The number of likely N-dealkylation sites (N-methyl/N-ethyl adjacent to an activating group) is 1. The van der Waals surface area contributed by atoms with Crippen LogP contribution in [0.25, 0.3) is 6.08 Å². The van der Waals surface area contributed by atoms with Gasteiger partial charge in [-0.2, -0.15) is 0 Å². The van der Waals surface area contributed by atoms with Gasteiger partial charge in [0.15, 0.2) is 11.5 Å². The van der Waals surface area contributed by atoms with Crippen LogP contribution in [0.5, 0.6) is 11.5 Å². The number of rotatable bonds is 9. The molecule has 20 heavy (non-hydrogen) atoms. The molecule has 0 saturated carbocycles. The fourth-order valence-corrected chi connectivity index (χ4v) is 1.69.